The minimum atomic E-state index is -0.488. The van der Waals surface area contributed by atoms with Crippen molar-refractivity contribution in [2.45, 2.75) is 12.8 Å². The van der Waals surface area contributed by atoms with E-state index in [9.17, 15) is 9.59 Å². The summed E-state index contributed by atoms with van der Waals surface area (Å²) in [5, 5.41) is 2.80. The van der Waals surface area contributed by atoms with Crippen LogP contribution >= 0.6 is 0 Å². The molecule has 0 spiro atoms. The fourth-order valence-corrected chi connectivity index (χ4v) is 2.46. The number of primary amides is 1. The highest BCUT2D eigenvalue weighted by atomic mass is 16.5. The molecular formula is C17H16N2O3. The van der Waals surface area contributed by atoms with Crippen molar-refractivity contribution < 1.29 is 14.3 Å². The third-order valence-corrected chi connectivity index (χ3v) is 3.57. The van der Waals surface area contributed by atoms with Crippen molar-refractivity contribution in [1.29, 1.82) is 0 Å². The standard InChI is InChI=1S/C17H16N2O3/c18-17(21)12-2-4-14(5-3-12)19-16(20)10-11-1-6-15-13(9-11)7-8-22-15/h1-6,9H,7-8,10H2,(H2,18,21)(H,19,20). The van der Waals surface area contributed by atoms with Gasteiger partial charge < -0.3 is 15.8 Å². The molecule has 22 heavy (non-hydrogen) atoms. The molecule has 0 fully saturated rings. The van der Waals surface area contributed by atoms with Gasteiger partial charge in [-0.25, -0.2) is 0 Å². The van der Waals surface area contributed by atoms with Crippen LogP contribution in [0.25, 0.3) is 0 Å². The number of amides is 2. The normalized spacial score (nSPS) is 12.4. The predicted molar refractivity (Wildman–Crippen MR) is 82.9 cm³/mol. The molecule has 2 aromatic rings. The highest BCUT2D eigenvalue weighted by Crippen LogP contribution is 2.26. The molecule has 3 N–H and O–H groups in total. The van der Waals surface area contributed by atoms with Crippen LogP contribution in [0.2, 0.25) is 0 Å². The van der Waals surface area contributed by atoms with Gasteiger partial charge >= 0.3 is 0 Å². The van der Waals surface area contributed by atoms with E-state index >= 15 is 0 Å². The summed E-state index contributed by atoms with van der Waals surface area (Å²) in [6.07, 6.45) is 1.18. The smallest absolute Gasteiger partial charge is 0.248 e. The maximum atomic E-state index is 12.1. The summed E-state index contributed by atoms with van der Waals surface area (Å²) in [6.45, 7) is 0.706. The Balaban J connectivity index is 1.63. The molecule has 1 aliphatic rings. The number of carbonyl (C=O) groups is 2. The van der Waals surface area contributed by atoms with Crippen molar-refractivity contribution in [2.24, 2.45) is 5.73 Å². The van der Waals surface area contributed by atoms with E-state index in [4.69, 9.17) is 10.5 Å². The zero-order valence-electron chi connectivity index (χ0n) is 12.0. The Morgan fingerprint density at radius 3 is 2.64 bits per heavy atom. The fraction of sp³-hybridized carbons (Fsp3) is 0.176. The minimum absolute atomic E-state index is 0.106. The summed E-state index contributed by atoms with van der Waals surface area (Å²) in [6, 6.07) is 12.3. The molecule has 112 valence electrons. The number of anilines is 1. The fourth-order valence-electron chi connectivity index (χ4n) is 2.46. The van der Waals surface area contributed by atoms with Crippen LogP contribution in [0.5, 0.6) is 5.75 Å². The number of nitrogens with two attached hydrogens (primary N) is 1. The van der Waals surface area contributed by atoms with Crippen molar-refractivity contribution in [1.82, 2.24) is 0 Å². The molecule has 0 aliphatic carbocycles. The van der Waals surface area contributed by atoms with Crippen LogP contribution in [-0.4, -0.2) is 18.4 Å². The summed E-state index contributed by atoms with van der Waals surface area (Å²) in [7, 11) is 0. The average Bonchev–Trinajstić information content (AvgIpc) is 2.95. The van der Waals surface area contributed by atoms with E-state index in [0.29, 0.717) is 24.3 Å². The number of hydrogen-bond acceptors (Lipinski definition) is 3. The molecule has 0 saturated heterocycles. The number of hydrogen-bond donors (Lipinski definition) is 2. The molecule has 5 nitrogen and oxygen atoms in total. The van der Waals surface area contributed by atoms with Crippen molar-refractivity contribution in [3.05, 3.63) is 59.2 Å². The number of fused-ring (bicyclic) bond motifs is 1. The number of benzene rings is 2. The van der Waals surface area contributed by atoms with Gasteiger partial charge in [-0.2, -0.15) is 0 Å². The molecule has 1 heterocycles. The molecule has 2 amide bonds. The second-order valence-electron chi connectivity index (χ2n) is 5.21. The molecule has 2 aromatic carbocycles. The van der Waals surface area contributed by atoms with Crippen LogP contribution < -0.4 is 15.8 Å². The third-order valence-electron chi connectivity index (χ3n) is 3.57. The molecule has 5 heteroatoms. The first kappa shape index (κ1) is 14.1. The second kappa shape index (κ2) is 5.89. The minimum Gasteiger partial charge on any atom is -0.493 e. The first-order valence-electron chi connectivity index (χ1n) is 7.06. The predicted octanol–water partition coefficient (Wildman–Crippen LogP) is 1.90. The van der Waals surface area contributed by atoms with Crippen LogP contribution in [0.3, 0.4) is 0 Å². The van der Waals surface area contributed by atoms with Crippen LogP contribution in [0.4, 0.5) is 5.69 Å². The lowest BCUT2D eigenvalue weighted by Crippen LogP contribution is -2.15. The van der Waals surface area contributed by atoms with E-state index in [2.05, 4.69) is 5.32 Å². The Labute approximate surface area is 128 Å². The van der Waals surface area contributed by atoms with Gasteiger partial charge in [-0.3, -0.25) is 9.59 Å². The monoisotopic (exact) mass is 296 g/mol. The van der Waals surface area contributed by atoms with E-state index in [1.807, 2.05) is 18.2 Å². The number of nitrogens with one attached hydrogen (secondary N) is 1. The molecule has 0 radical (unpaired) electrons. The SMILES string of the molecule is NC(=O)c1ccc(NC(=O)Cc2ccc3c(c2)CCO3)cc1. The largest absolute Gasteiger partial charge is 0.493 e. The topological polar surface area (TPSA) is 81.4 Å². The maximum absolute atomic E-state index is 12.1. The lowest BCUT2D eigenvalue weighted by atomic mass is 10.1. The van der Waals surface area contributed by atoms with Gasteiger partial charge in [0.2, 0.25) is 11.8 Å². The van der Waals surface area contributed by atoms with Crippen molar-refractivity contribution in [3.63, 3.8) is 0 Å². The summed E-state index contributed by atoms with van der Waals surface area (Å²) in [4.78, 5) is 23.1. The Morgan fingerprint density at radius 2 is 1.91 bits per heavy atom. The first-order valence-corrected chi connectivity index (χ1v) is 7.06. The van der Waals surface area contributed by atoms with E-state index in [-0.39, 0.29) is 5.91 Å². The van der Waals surface area contributed by atoms with Crippen LogP contribution in [0.1, 0.15) is 21.5 Å². The Morgan fingerprint density at radius 1 is 1.14 bits per heavy atom. The first-order chi connectivity index (χ1) is 10.6. The van der Waals surface area contributed by atoms with E-state index in [0.717, 1.165) is 23.3 Å². The van der Waals surface area contributed by atoms with Crippen molar-refractivity contribution in [2.75, 3.05) is 11.9 Å². The van der Waals surface area contributed by atoms with Gasteiger partial charge in [-0.1, -0.05) is 12.1 Å². The number of carbonyl (C=O) groups excluding carboxylic acids is 2. The van der Waals surface area contributed by atoms with E-state index in [1.54, 1.807) is 24.3 Å². The average molecular weight is 296 g/mol. The van der Waals surface area contributed by atoms with Gasteiger partial charge in [0.15, 0.2) is 0 Å². The zero-order valence-corrected chi connectivity index (χ0v) is 12.0. The molecule has 0 bridgehead atoms. The number of rotatable bonds is 4. The molecule has 0 atom stereocenters. The van der Waals surface area contributed by atoms with Gasteiger partial charge in [-0.05, 0) is 41.5 Å². The van der Waals surface area contributed by atoms with E-state index < -0.39 is 5.91 Å². The van der Waals surface area contributed by atoms with Gasteiger partial charge in [0.1, 0.15) is 5.75 Å². The molecular weight excluding hydrogens is 280 g/mol. The van der Waals surface area contributed by atoms with Crippen molar-refractivity contribution >= 4 is 17.5 Å². The van der Waals surface area contributed by atoms with Crippen LogP contribution in [0.15, 0.2) is 42.5 Å². The third kappa shape index (κ3) is 3.09. The lowest BCUT2D eigenvalue weighted by molar-refractivity contribution is -0.115. The zero-order chi connectivity index (χ0) is 15.5. The molecule has 0 saturated carbocycles. The second-order valence-corrected chi connectivity index (χ2v) is 5.21. The van der Waals surface area contributed by atoms with Gasteiger partial charge in [0.25, 0.3) is 0 Å². The van der Waals surface area contributed by atoms with Gasteiger partial charge in [0, 0.05) is 17.7 Å². The Bertz CT molecular complexity index is 723. The molecule has 0 unspecified atom stereocenters. The highest BCUT2D eigenvalue weighted by Gasteiger charge is 2.13. The number of ether oxygens (including phenoxy) is 1. The van der Waals surface area contributed by atoms with Gasteiger partial charge in [0.05, 0.1) is 13.0 Å². The Hall–Kier alpha value is -2.82. The highest BCUT2D eigenvalue weighted by molar-refractivity contribution is 5.95. The maximum Gasteiger partial charge on any atom is 0.248 e. The quantitative estimate of drug-likeness (QED) is 0.904. The summed E-state index contributed by atoms with van der Waals surface area (Å²) in [5.41, 5.74) is 8.33. The van der Waals surface area contributed by atoms with Gasteiger partial charge in [-0.15, -0.1) is 0 Å². The molecule has 3 rings (SSSR count). The summed E-state index contributed by atoms with van der Waals surface area (Å²) in [5.74, 6) is 0.315. The van der Waals surface area contributed by atoms with Crippen LogP contribution in [-0.2, 0) is 17.6 Å². The summed E-state index contributed by atoms with van der Waals surface area (Å²) >= 11 is 0. The molecule has 0 aromatic heterocycles. The lowest BCUT2D eigenvalue weighted by Gasteiger charge is -2.07. The van der Waals surface area contributed by atoms with E-state index in [1.165, 1.54) is 0 Å². The molecule has 1 aliphatic heterocycles. The summed E-state index contributed by atoms with van der Waals surface area (Å²) < 4.78 is 5.45. The Kier molecular flexibility index (Phi) is 3.78. The van der Waals surface area contributed by atoms with Crippen molar-refractivity contribution in [3.8, 4) is 5.75 Å². The van der Waals surface area contributed by atoms with Crippen LogP contribution in [0, 0.1) is 0 Å².